The van der Waals surface area contributed by atoms with E-state index in [1.807, 2.05) is 18.7 Å². The Labute approximate surface area is 118 Å². The molecule has 1 aromatic heterocycles. The zero-order chi connectivity index (χ0) is 14.5. The number of carbonyl (C=O) groups excluding carboxylic acids is 1. The molecule has 0 N–H and O–H groups in total. The Hall–Kier alpha value is -1.65. The topological polar surface area (TPSA) is 42.4 Å². The second kappa shape index (κ2) is 6.68. The van der Waals surface area contributed by atoms with Crippen LogP contribution in [0.4, 0.5) is 4.39 Å². The van der Waals surface area contributed by atoms with Crippen molar-refractivity contribution < 1.29 is 13.9 Å². The number of pyridine rings is 1. The number of amides is 1. The zero-order valence-electron chi connectivity index (χ0n) is 12.0. The van der Waals surface area contributed by atoms with Gasteiger partial charge in [-0.1, -0.05) is 19.9 Å². The van der Waals surface area contributed by atoms with Gasteiger partial charge in [0, 0.05) is 37.9 Å². The fourth-order valence-corrected chi connectivity index (χ4v) is 2.31. The molecule has 1 aliphatic heterocycles. The van der Waals surface area contributed by atoms with Crippen LogP contribution in [0.3, 0.4) is 0 Å². The van der Waals surface area contributed by atoms with E-state index in [-0.39, 0.29) is 17.9 Å². The minimum absolute atomic E-state index is 0.00489. The van der Waals surface area contributed by atoms with Crippen molar-refractivity contribution in [2.45, 2.75) is 39.2 Å². The fourth-order valence-electron chi connectivity index (χ4n) is 2.31. The lowest BCUT2D eigenvalue weighted by atomic mass is 10.0. The van der Waals surface area contributed by atoms with Gasteiger partial charge in [0.05, 0.1) is 0 Å². The largest absolute Gasteiger partial charge is 0.474 e. The summed E-state index contributed by atoms with van der Waals surface area (Å²) >= 11 is 0. The first kappa shape index (κ1) is 14.8. The van der Waals surface area contributed by atoms with E-state index in [1.165, 1.54) is 6.07 Å². The van der Waals surface area contributed by atoms with Crippen molar-refractivity contribution in [2.24, 2.45) is 5.92 Å². The number of aromatic nitrogens is 1. The smallest absolute Gasteiger partial charge is 0.225 e. The summed E-state index contributed by atoms with van der Waals surface area (Å²) in [7, 11) is 0. The van der Waals surface area contributed by atoms with Crippen LogP contribution in [0.25, 0.3) is 0 Å². The van der Waals surface area contributed by atoms with Gasteiger partial charge in [0.1, 0.15) is 6.10 Å². The van der Waals surface area contributed by atoms with Crippen LogP contribution in [-0.2, 0) is 4.79 Å². The highest BCUT2D eigenvalue weighted by atomic mass is 19.1. The Balaban J connectivity index is 1.84. The van der Waals surface area contributed by atoms with Gasteiger partial charge in [-0.15, -0.1) is 0 Å². The Morgan fingerprint density at radius 1 is 1.50 bits per heavy atom. The lowest BCUT2D eigenvalue weighted by Crippen LogP contribution is -2.43. The standard InChI is InChI=1S/C15H21FN2O2/c1-3-11(2)15(19)18-9-7-12(8-10-18)20-14-6-4-5-13(16)17-14/h4-6,11-12H,3,7-10H2,1-2H3. The van der Waals surface area contributed by atoms with E-state index in [1.54, 1.807) is 12.1 Å². The first-order valence-electron chi connectivity index (χ1n) is 7.18. The number of ether oxygens (including phenoxy) is 1. The number of carbonyl (C=O) groups is 1. The molecule has 0 saturated carbocycles. The van der Waals surface area contributed by atoms with Crippen molar-refractivity contribution in [3.8, 4) is 5.88 Å². The average Bonchev–Trinajstić information content (AvgIpc) is 2.46. The number of halogens is 1. The minimum atomic E-state index is -0.535. The predicted octanol–water partition coefficient (Wildman–Crippen LogP) is 2.64. The van der Waals surface area contributed by atoms with Gasteiger partial charge in [-0.3, -0.25) is 4.79 Å². The van der Waals surface area contributed by atoms with Crippen molar-refractivity contribution >= 4 is 5.91 Å². The predicted molar refractivity (Wildman–Crippen MR) is 73.9 cm³/mol. The lowest BCUT2D eigenvalue weighted by Gasteiger charge is -2.33. The molecule has 0 bridgehead atoms. The molecule has 1 fully saturated rings. The summed E-state index contributed by atoms with van der Waals surface area (Å²) in [4.78, 5) is 17.7. The molecule has 20 heavy (non-hydrogen) atoms. The molecule has 0 radical (unpaired) electrons. The monoisotopic (exact) mass is 280 g/mol. The quantitative estimate of drug-likeness (QED) is 0.796. The van der Waals surface area contributed by atoms with Crippen LogP contribution in [0.1, 0.15) is 33.1 Å². The third kappa shape index (κ3) is 3.68. The van der Waals surface area contributed by atoms with E-state index in [4.69, 9.17) is 4.74 Å². The first-order chi connectivity index (χ1) is 9.60. The molecule has 1 aliphatic rings. The molecular weight excluding hydrogens is 259 g/mol. The van der Waals surface area contributed by atoms with Gasteiger partial charge >= 0.3 is 0 Å². The summed E-state index contributed by atoms with van der Waals surface area (Å²) in [6, 6.07) is 4.53. The van der Waals surface area contributed by atoms with E-state index in [0.717, 1.165) is 19.3 Å². The molecule has 2 rings (SSSR count). The molecule has 110 valence electrons. The normalized spacial score (nSPS) is 17.9. The van der Waals surface area contributed by atoms with E-state index >= 15 is 0 Å². The van der Waals surface area contributed by atoms with Crippen LogP contribution in [0.5, 0.6) is 5.88 Å². The molecule has 1 unspecified atom stereocenters. The molecular formula is C15H21FN2O2. The van der Waals surface area contributed by atoms with Gasteiger partial charge in [-0.05, 0) is 12.5 Å². The second-order valence-electron chi connectivity index (χ2n) is 5.25. The van der Waals surface area contributed by atoms with Crippen molar-refractivity contribution in [1.82, 2.24) is 9.88 Å². The van der Waals surface area contributed by atoms with E-state index < -0.39 is 5.95 Å². The molecule has 0 spiro atoms. The zero-order valence-corrected chi connectivity index (χ0v) is 12.0. The minimum Gasteiger partial charge on any atom is -0.474 e. The van der Waals surface area contributed by atoms with Crippen LogP contribution >= 0.6 is 0 Å². The van der Waals surface area contributed by atoms with Crippen LogP contribution < -0.4 is 4.74 Å². The van der Waals surface area contributed by atoms with Gasteiger partial charge in [0.25, 0.3) is 0 Å². The molecule has 0 aliphatic carbocycles. The molecule has 0 aromatic carbocycles. The number of piperidine rings is 1. The van der Waals surface area contributed by atoms with E-state index in [9.17, 15) is 9.18 Å². The van der Waals surface area contributed by atoms with Crippen LogP contribution in [-0.4, -0.2) is 35.0 Å². The number of likely N-dealkylation sites (tertiary alicyclic amines) is 1. The maximum atomic E-state index is 13.0. The van der Waals surface area contributed by atoms with Gasteiger partial charge in [-0.25, -0.2) is 0 Å². The molecule has 1 aromatic rings. The van der Waals surface area contributed by atoms with Crippen LogP contribution in [0, 0.1) is 11.9 Å². The molecule has 1 amide bonds. The molecule has 2 heterocycles. The van der Waals surface area contributed by atoms with Crippen LogP contribution in [0.2, 0.25) is 0 Å². The van der Waals surface area contributed by atoms with Crippen molar-refractivity contribution in [2.75, 3.05) is 13.1 Å². The average molecular weight is 280 g/mol. The maximum Gasteiger partial charge on any atom is 0.225 e. The highest BCUT2D eigenvalue weighted by Crippen LogP contribution is 2.19. The van der Waals surface area contributed by atoms with Gasteiger partial charge in [0.15, 0.2) is 0 Å². The summed E-state index contributed by atoms with van der Waals surface area (Å²) in [6.45, 7) is 5.38. The summed E-state index contributed by atoms with van der Waals surface area (Å²) in [5, 5.41) is 0. The third-order valence-electron chi connectivity index (χ3n) is 3.76. The highest BCUT2D eigenvalue weighted by molar-refractivity contribution is 5.78. The summed E-state index contributed by atoms with van der Waals surface area (Å²) in [6.07, 6.45) is 2.40. The first-order valence-corrected chi connectivity index (χ1v) is 7.18. The van der Waals surface area contributed by atoms with E-state index in [0.29, 0.717) is 19.0 Å². The molecule has 4 nitrogen and oxygen atoms in total. The molecule has 1 saturated heterocycles. The third-order valence-corrected chi connectivity index (χ3v) is 3.76. The van der Waals surface area contributed by atoms with Crippen molar-refractivity contribution in [1.29, 1.82) is 0 Å². The Kier molecular flexibility index (Phi) is 4.93. The Bertz CT molecular complexity index is 459. The Morgan fingerprint density at radius 3 is 2.80 bits per heavy atom. The van der Waals surface area contributed by atoms with Gasteiger partial charge in [0.2, 0.25) is 17.7 Å². The summed E-state index contributed by atoms with van der Waals surface area (Å²) in [5.74, 6) is 0.0794. The molecule has 1 atom stereocenters. The molecule has 5 heteroatoms. The Morgan fingerprint density at radius 2 is 2.20 bits per heavy atom. The maximum absolute atomic E-state index is 13.0. The summed E-state index contributed by atoms with van der Waals surface area (Å²) in [5.41, 5.74) is 0. The number of hydrogen-bond acceptors (Lipinski definition) is 3. The second-order valence-corrected chi connectivity index (χ2v) is 5.25. The number of nitrogens with zero attached hydrogens (tertiary/aromatic N) is 2. The fraction of sp³-hybridized carbons (Fsp3) is 0.600. The number of rotatable bonds is 4. The summed E-state index contributed by atoms with van der Waals surface area (Å²) < 4.78 is 18.6. The van der Waals surface area contributed by atoms with Crippen molar-refractivity contribution in [3.05, 3.63) is 24.1 Å². The number of hydrogen-bond donors (Lipinski definition) is 0. The lowest BCUT2D eigenvalue weighted by molar-refractivity contribution is -0.136. The van der Waals surface area contributed by atoms with Gasteiger partial charge < -0.3 is 9.64 Å². The van der Waals surface area contributed by atoms with E-state index in [2.05, 4.69) is 4.98 Å². The SMILES string of the molecule is CCC(C)C(=O)N1CCC(Oc2cccc(F)n2)CC1. The van der Waals surface area contributed by atoms with Crippen molar-refractivity contribution in [3.63, 3.8) is 0 Å². The van der Waals surface area contributed by atoms with Gasteiger partial charge in [-0.2, -0.15) is 9.37 Å². The van der Waals surface area contributed by atoms with Crippen LogP contribution in [0.15, 0.2) is 18.2 Å². The highest BCUT2D eigenvalue weighted by Gasteiger charge is 2.26.